The third-order valence-electron chi connectivity index (χ3n) is 4.11. The second kappa shape index (κ2) is 7.72. The van der Waals surface area contributed by atoms with Crippen LogP contribution in [0.15, 0.2) is 70.8 Å². The van der Waals surface area contributed by atoms with Gasteiger partial charge in [0.15, 0.2) is 0 Å². The second-order valence-electron chi connectivity index (χ2n) is 6.42. The zero-order chi connectivity index (χ0) is 19.4. The van der Waals surface area contributed by atoms with Crippen molar-refractivity contribution in [3.8, 4) is 0 Å². The van der Waals surface area contributed by atoms with Gasteiger partial charge in [0.25, 0.3) is 10.0 Å². The Morgan fingerprint density at radius 1 is 1.00 bits per heavy atom. The van der Waals surface area contributed by atoms with Crippen molar-refractivity contribution in [1.29, 1.82) is 0 Å². The van der Waals surface area contributed by atoms with Gasteiger partial charge in [-0.05, 0) is 62.2 Å². The third-order valence-corrected chi connectivity index (χ3v) is 5.47. The minimum Gasteiger partial charge on any atom is -0.279 e. The number of hydrogen-bond acceptors (Lipinski definition) is 4. The monoisotopic (exact) mass is 379 g/mol. The van der Waals surface area contributed by atoms with Crippen LogP contribution < -0.4 is 4.72 Å². The number of benzene rings is 2. The number of rotatable bonds is 5. The highest BCUT2D eigenvalue weighted by atomic mass is 32.2. The van der Waals surface area contributed by atoms with Gasteiger partial charge in [0.1, 0.15) is 0 Å². The lowest BCUT2D eigenvalue weighted by molar-refractivity contribution is 0.601. The van der Waals surface area contributed by atoms with Crippen LogP contribution >= 0.6 is 0 Å². The molecule has 0 spiro atoms. The van der Waals surface area contributed by atoms with E-state index >= 15 is 0 Å². The van der Waals surface area contributed by atoms with Gasteiger partial charge in [-0.25, -0.2) is 8.42 Å². The molecule has 0 atom stereocenters. The van der Waals surface area contributed by atoms with Crippen LogP contribution in [0.25, 0.3) is 0 Å². The van der Waals surface area contributed by atoms with Crippen LogP contribution in [0.2, 0.25) is 0 Å². The van der Waals surface area contributed by atoms with E-state index in [-0.39, 0.29) is 4.90 Å². The first-order valence-corrected chi connectivity index (χ1v) is 9.98. The Labute approximate surface area is 159 Å². The Hall–Kier alpha value is -2.99. The van der Waals surface area contributed by atoms with Gasteiger partial charge in [0.05, 0.1) is 16.3 Å². The first-order chi connectivity index (χ1) is 12.8. The van der Waals surface area contributed by atoms with E-state index in [1.54, 1.807) is 42.9 Å². The summed E-state index contributed by atoms with van der Waals surface area (Å²) in [5, 5.41) is 0. The number of hydrogen-bond donors (Lipinski definition) is 1. The Kier molecular flexibility index (Phi) is 5.37. The van der Waals surface area contributed by atoms with Crippen molar-refractivity contribution in [1.82, 2.24) is 4.98 Å². The van der Waals surface area contributed by atoms with Gasteiger partial charge in [-0.3, -0.25) is 14.7 Å². The summed E-state index contributed by atoms with van der Waals surface area (Å²) in [4.78, 5) is 8.56. The van der Waals surface area contributed by atoms with Crippen molar-refractivity contribution in [2.75, 3.05) is 4.72 Å². The first kappa shape index (κ1) is 18.8. The van der Waals surface area contributed by atoms with Gasteiger partial charge in [-0.1, -0.05) is 23.8 Å². The number of sulfonamides is 1. The summed E-state index contributed by atoms with van der Waals surface area (Å²) in [6.45, 7) is 5.78. The van der Waals surface area contributed by atoms with Crippen molar-refractivity contribution in [3.63, 3.8) is 0 Å². The summed E-state index contributed by atoms with van der Waals surface area (Å²) < 4.78 is 28.1. The molecule has 0 radical (unpaired) electrons. The van der Waals surface area contributed by atoms with Gasteiger partial charge in [-0.15, -0.1) is 0 Å². The highest BCUT2D eigenvalue weighted by Crippen LogP contribution is 2.26. The number of aromatic nitrogens is 1. The standard InChI is InChI=1S/C21H21N3O2S/c1-15-11-16(2)21(17(3)12-15)24-27(25,26)20-8-6-19(7-9-20)23-14-18-5-4-10-22-13-18/h4-14,24H,1-3H3. The lowest BCUT2D eigenvalue weighted by Crippen LogP contribution is -2.14. The molecule has 0 fully saturated rings. The zero-order valence-electron chi connectivity index (χ0n) is 15.5. The van der Waals surface area contributed by atoms with Crippen LogP contribution in [0.1, 0.15) is 22.3 Å². The number of pyridine rings is 1. The number of aliphatic imine (C=N–C) groups is 1. The molecular formula is C21H21N3O2S. The molecule has 6 heteroatoms. The third kappa shape index (κ3) is 4.60. The second-order valence-corrected chi connectivity index (χ2v) is 8.10. The zero-order valence-corrected chi connectivity index (χ0v) is 16.3. The normalized spacial score (nSPS) is 11.7. The van der Waals surface area contributed by atoms with Gasteiger partial charge < -0.3 is 0 Å². The average molecular weight is 379 g/mol. The fourth-order valence-electron chi connectivity index (χ4n) is 2.85. The quantitative estimate of drug-likeness (QED) is 0.661. The van der Waals surface area contributed by atoms with Gasteiger partial charge in [0, 0.05) is 24.2 Å². The predicted octanol–water partition coefficient (Wildman–Crippen LogP) is 4.56. The average Bonchev–Trinajstić information content (AvgIpc) is 2.64. The molecule has 0 aliphatic rings. The summed E-state index contributed by atoms with van der Waals surface area (Å²) in [5.41, 5.74) is 5.06. The van der Waals surface area contributed by atoms with Gasteiger partial charge >= 0.3 is 0 Å². The Morgan fingerprint density at radius 3 is 2.26 bits per heavy atom. The topological polar surface area (TPSA) is 71.4 Å². The van der Waals surface area contributed by atoms with Crippen LogP contribution in [-0.4, -0.2) is 19.6 Å². The largest absolute Gasteiger partial charge is 0.279 e. The van der Waals surface area contributed by atoms with Crippen LogP contribution in [-0.2, 0) is 10.0 Å². The number of aryl methyl sites for hydroxylation is 3. The highest BCUT2D eigenvalue weighted by Gasteiger charge is 2.16. The molecule has 27 heavy (non-hydrogen) atoms. The Morgan fingerprint density at radius 2 is 1.67 bits per heavy atom. The smallest absolute Gasteiger partial charge is 0.261 e. The summed E-state index contributed by atoms with van der Waals surface area (Å²) in [5.74, 6) is 0. The van der Waals surface area contributed by atoms with Crippen LogP contribution in [0.3, 0.4) is 0 Å². The lowest BCUT2D eigenvalue weighted by atomic mass is 10.1. The fourth-order valence-corrected chi connectivity index (χ4v) is 4.05. The van der Waals surface area contributed by atoms with Crippen LogP contribution in [0.4, 0.5) is 11.4 Å². The fraction of sp³-hybridized carbons (Fsp3) is 0.143. The van der Waals surface area contributed by atoms with Crippen molar-refractivity contribution >= 4 is 27.6 Å². The summed E-state index contributed by atoms with van der Waals surface area (Å²) in [7, 11) is -3.67. The SMILES string of the molecule is Cc1cc(C)c(NS(=O)(=O)c2ccc(N=Cc3cccnc3)cc2)c(C)c1. The molecule has 0 saturated carbocycles. The van der Waals surface area contributed by atoms with Crippen molar-refractivity contribution in [2.45, 2.75) is 25.7 Å². The maximum Gasteiger partial charge on any atom is 0.261 e. The molecule has 3 rings (SSSR count). The molecule has 0 aliphatic carbocycles. The van der Waals surface area contributed by atoms with E-state index in [4.69, 9.17) is 0 Å². The maximum absolute atomic E-state index is 12.7. The van der Waals surface area contributed by atoms with E-state index in [2.05, 4.69) is 14.7 Å². The Balaban J connectivity index is 1.81. The first-order valence-electron chi connectivity index (χ1n) is 8.50. The summed E-state index contributed by atoms with van der Waals surface area (Å²) in [6, 6.07) is 14.1. The van der Waals surface area contributed by atoms with Crippen LogP contribution in [0.5, 0.6) is 0 Å². The molecule has 138 valence electrons. The van der Waals surface area contributed by atoms with E-state index in [1.165, 1.54) is 0 Å². The van der Waals surface area contributed by atoms with Gasteiger partial charge in [-0.2, -0.15) is 0 Å². The molecule has 0 saturated heterocycles. The molecular weight excluding hydrogens is 358 g/mol. The highest BCUT2D eigenvalue weighted by molar-refractivity contribution is 7.92. The molecule has 1 heterocycles. The van der Waals surface area contributed by atoms with E-state index in [0.717, 1.165) is 22.3 Å². The molecule has 0 amide bonds. The van der Waals surface area contributed by atoms with E-state index in [0.29, 0.717) is 11.4 Å². The van der Waals surface area contributed by atoms with E-state index < -0.39 is 10.0 Å². The molecule has 2 aromatic carbocycles. The lowest BCUT2D eigenvalue weighted by Gasteiger charge is -2.14. The molecule has 3 aromatic rings. The predicted molar refractivity (Wildman–Crippen MR) is 109 cm³/mol. The minimum atomic E-state index is -3.67. The van der Waals surface area contributed by atoms with Crippen molar-refractivity contribution in [3.05, 3.63) is 83.2 Å². The van der Waals surface area contributed by atoms with E-state index in [9.17, 15) is 8.42 Å². The number of anilines is 1. The van der Waals surface area contributed by atoms with Crippen LogP contribution in [0, 0.1) is 20.8 Å². The summed E-state index contributed by atoms with van der Waals surface area (Å²) in [6.07, 6.45) is 5.09. The van der Waals surface area contributed by atoms with E-state index in [1.807, 2.05) is 45.0 Å². The van der Waals surface area contributed by atoms with Crippen molar-refractivity contribution in [2.24, 2.45) is 4.99 Å². The van der Waals surface area contributed by atoms with Gasteiger partial charge in [0.2, 0.25) is 0 Å². The molecule has 1 aromatic heterocycles. The number of nitrogens with zero attached hydrogens (tertiary/aromatic N) is 2. The molecule has 0 aliphatic heterocycles. The van der Waals surface area contributed by atoms with Crippen molar-refractivity contribution < 1.29 is 8.42 Å². The Bertz CT molecular complexity index is 1050. The maximum atomic E-state index is 12.7. The summed E-state index contributed by atoms with van der Waals surface area (Å²) >= 11 is 0. The molecule has 5 nitrogen and oxygen atoms in total. The number of nitrogens with one attached hydrogen (secondary N) is 1. The minimum absolute atomic E-state index is 0.196. The molecule has 0 bridgehead atoms. The molecule has 1 N–H and O–H groups in total. The molecule has 0 unspecified atom stereocenters.